The molecule has 4 nitrogen and oxygen atoms in total. The fourth-order valence-electron chi connectivity index (χ4n) is 2.62. The number of halogens is 1. The molecule has 130 valence electrons. The van der Waals surface area contributed by atoms with E-state index in [1.165, 1.54) is 12.1 Å². The van der Waals surface area contributed by atoms with E-state index >= 15 is 0 Å². The smallest absolute Gasteiger partial charge is 0.123 e. The predicted molar refractivity (Wildman–Crippen MR) is 91.4 cm³/mol. The van der Waals surface area contributed by atoms with Gasteiger partial charge in [-0.1, -0.05) is 6.92 Å². The van der Waals surface area contributed by atoms with Gasteiger partial charge in [0.2, 0.25) is 0 Å². The molecule has 1 aliphatic heterocycles. The molecule has 0 unspecified atom stereocenters. The Bertz CT molecular complexity index is 470. The minimum Gasteiger partial charge on any atom is -0.389 e. The summed E-state index contributed by atoms with van der Waals surface area (Å²) in [4.78, 5) is 4.51. The monoisotopic (exact) mass is 324 g/mol. The Morgan fingerprint density at radius 3 is 2.35 bits per heavy atom. The third-order valence-electron chi connectivity index (χ3n) is 4.55. The number of β-amino-alcohol motifs (C(OH)–C–C–N with tert-alkyl or cyclic N) is 1. The molecular weight excluding hydrogens is 295 g/mol. The summed E-state index contributed by atoms with van der Waals surface area (Å²) in [6.07, 6.45) is 0.467. The van der Waals surface area contributed by atoms with Gasteiger partial charge in [-0.3, -0.25) is 4.90 Å². The molecule has 0 amide bonds. The molecule has 0 saturated carbocycles. The molecule has 0 radical (unpaired) electrons. The van der Waals surface area contributed by atoms with Gasteiger partial charge in [0.05, 0.1) is 18.3 Å². The number of benzene rings is 1. The summed E-state index contributed by atoms with van der Waals surface area (Å²) in [6.45, 7) is 10.7. The first-order valence-electron chi connectivity index (χ1n) is 8.44. The number of nitrogens with zero attached hydrogens (tertiary/aromatic N) is 2. The second kappa shape index (κ2) is 8.08. The fourth-order valence-corrected chi connectivity index (χ4v) is 2.62. The maximum absolute atomic E-state index is 13.0. The van der Waals surface area contributed by atoms with Crippen LogP contribution in [-0.2, 0) is 4.74 Å². The number of anilines is 1. The van der Waals surface area contributed by atoms with Gasteiger partial charge in [0, 0.05) is 38.4 Å². The normalized spacial score (nSPS) is 18.2. The maximum atomic E-state index is 13.0. The van der Waals surface area contributed by atoms with Crippen LogP contribution in [0.15, 0.2) is 24.3 Å². The highest BCUT2D eigenvalue weighted by Crippen LogP contribution is 2.17. The molecule has 1 saturated heterocycles. The summed E-state index contributed by atoms with van der Waals surface area (Å²) in [5.41, 5.74) is 0.877. The fraction of sp³-hybridized carbons (Fsp3) is 0.667. The van der Waals surface area contributed by atoms with E-state index in [9.17, 15) is 9.50 Å². The molecule has 1 fully saturated rings. The lowest BCUT2D eigenvalue weighted by molar-refractivity contribution is -0.0674. The lowest BCUT2D eigenvalue weighted by Gasteiger charge is -2.37. The molecule has 1 atom stereocenters. The number of hydrogen-bond acceptors (Lipinski definition) is 4. The minimum atomic E-state index is -0.460. The van der Waals surface area contributed by atoms with Gasteiger partial charge in [-0.25, -0.2) is 4.39 Å². The van der Waals surface area contributed by atoms with Gasteiger partial charge in [0.25, 0.3) is 0 Å². The van der Waals surface area contributed by atoms with Crippen molar-refractivity contribution in [3.8, 4) is 0 Å². The summed E-state index contributed by atoms with van der Waals surface area (Å²) < 4.78 is 18.7. The summed E-state index contributed by atoms with van der Waals surface area (Å²) in [5, 5.41) is 10.2. The van der Waals surface area contributed by atoms with E-state index in [0.29, 0.717) is 13.2 Å². The van der Waals surface area contributed by atoms with Gasteiger partial charge in [-0.2, -0.15) is 0 Å². The Morgan fingerprint density at radius 2 is 1.78 bits per heavy atom. The predicted octanol–water partition coefficient (Wildman–Crippen LogP) is 2.51. The largest absolute Gasteiger partial charge is 0.389 e. The minimum absolute atomic E-state index is 0.178. The second-order valence-electron chi connectivity index (χ2n) is 6.84. The average molecular weight is 324 g/mol. The van der Waals surface area contributed by atoms with Gasteiger partial charge >= 0.3 is 0 Å². The van der Waals surface area contributed by atoms with Crippen molar-refractivity contribution in [2.24, 2.45) is 0 Å². The van der Waals surface area contributed by atoms with Gasteiger partial charge in [0.15, 0.2) is 0 Å². The molecule has 2 rings (SSSR count). The van der Waals surface area contributed by atoms with Crippen LogP contribution in [0.1, 0.15) is 27.2 Å². The first kappa shape index (κ1) is 18.2. The molecule has 5 heteroatoms. The molecule has 1 aromatic rings. The summed E-state index contributed by atoms with van der Waals surface area (Å²) >= 11 is 0. The van der Waals surface area contributed by atoms with E-state index in [1.54, 1.807) is 0 Å². The van der Waals surface area contributed by atoms with E-state index in [-0.39, 0.29) is 11.4 Å². The Morgan fingerprint density at radius 1 is 1.17 bits per heavy atom. The van der Waals surface area contributed by atoms with Crippen LogP contribution < -0.4 is 4.90 Å². The molecular formula is C18H29FN2O2. The van der Waals surface area contributed by atoms with Crippen molar-refractivity contribution < 1.29 is 14.2 Å². The standard InChI is InChI=1S/C18H29FN2O2/c1-4-18(2,3)23-14-17(22)13-20-9-11-21(12-10-20)16-7-5-15(19)6-8-16/h5-8,17,22H,4,9-14H2,1-3H3/t17-/m1/s1. The van der Waals surface area contributed by atoms with Crippen molar-refractivity contribution >= 4 is 5.69 Å². The molecule has 1 aliphatic rings. The van der Waals surface area contributed by atoms with Crippen LogP contribution >= 0.6 is 0 Å². The van der Waals surface area contributed by atoms with Crippen LogP contribution in [0.5, 0.6) is 0 Å². The molecule has 1 heterocycles. The van der Waals surface area contributed by atoms with Gasteiger partial charge in [-0.05, 0) is 44.5 Å². The van der Waals surface area contributed by atoms with Crippen molar-refractivity contribution in [1.29, 1.82) is 0 Å². The van der Waals surface area contributed by atoms with Crippen LogP contribution in [0.4, 0.5) is 10.1 Å². The average Bonchev–Trinajstić information content (AvgIpc) is 2.55. The van der Waals surface area contributed by atoms with E-state index in [4.69, 9.17) is 4.74 Å². The molecule has 0 aliphatic carbocycles. The SMILES string of the molecule is CCC(C)(C)OC[C@H](O)CN1CCN(c2ccc(F)cc2)CC1. The first-order chi connectivity index (χ1) is 10.9. The highest BCUT2D eigenvalue weighted by Gasteiger charge is 2.22. The van der Waals surface area contributed by atoms with E-state index in [2.05, 4.69) is 16.7 Å². The van der Waals surface area contributed by atoms with Gasteiger partial charge in [-0.15, -0.1) is 0 Å². The third kappa shape index (κ3) is 5.75. The molecule has 23 heavy (non-hydrogen) atoms. The van der Waals surface area contributed by atoms with Crippen LogP contribution in [-0.4, -0.2) is 61.0 Å². The number of rotatable bonds is 7. The van der Waals surface area contributed by atoms with Crippen molar-refractivity contribution in [2.45, 2.75) is 38.9 Å². The van der Waals surface area contributed by atoms with Crippen LogP contribution in [0.25, 0.3) is 0 Å². The van der Waals surface area contributed by atoms with Gasteiger partial charge < -0.3 is 14.7 Å². The number of piperazine rings is 1. The van der Waals surface area contributed by atoms with E-state index < -0.39 is 6.10 Å². The molecule has 0 spiro atoms. The Labute approximate surface area is 138 Å². The highest BCUT2D eigenvalue weighted by atomic mass is 19.1. The van der Waals surface area contributed by atoms with Crippen molar-refractivity contribution in [3.05, 3.63) is 30.1 Å². The molecule has 0 aromatic heterocycles. The maximum Gasteiger partial charge on any atom is 0.123 e. The zero-order valence-electron chi connectivity index (χ0n) is 14.5. The number of ether oxygens (including phenoxy) is 1. The topological polar surface area (TPSA) is 35.9 Å². The van der Waals surface area contributed by atoms with Crippen LogP contribution in [0.3, 0.4) is 0 Å². The summed E-state index contributed by atoms with van der Waals surface area (Å²) in [5.74, 6) is -0.203. The van der Waals surface area contributed by atoms with Gasteiger partial charge in [0.1, 0.15) is 5.82 Å². The van der Waals surface area contributed by atoms with E-state index in [1.807, 2.05) is 26.0 Å². The molecule has 1 N–H and O–H groups in total. The highest BCUT2D eigenvalue weighted by molar-refractivity contribution is 5.46. The van der Waals surface area contributed by atoms with Crippen molar-refractivity contribution in [1.82, 2.24) is 4.90 Å². The third-order valence-corrected chi connectivity index (χ3v) is 4.55. The second-order valence-corrected chi connectivity index (χ2v) is 6.84. The number of hydrogen-bond donors (Lipinski definition) is 1. The van der Waals surface area contributed by atoms with Crippen molar-refractivity contribution in [2.75, 3.05) is 44.2 Å². The lowest BCUT2D eigenvalue weighted by Crippen LogP contribution is -2.49. The summed E-state index contributed by atoms with van der Waals surface area (Å²) in [6, 6.07) is 6.64. The quantitative estimate of drug-likeness (QED) is 0.836. The Hall–Kier alpha value is -1.17. The van der Waals surface area contributed by atoms with Crippen molar-refractivity contribution in [3.63, 3.8) is 0 Å². The zero-order valence-corrected chi connectivity index (χ0v) is 14.5. The Balaban J connectivity index is 1.73. The zero-order chi connectivity index (χ0) is 16.9. The summed E-state index contributed by atoms with van der Waals surface area (Å²) in [7, 11) is 0. The molecule has 0 bridgehead atoms. The first-order valence-corrected chi connectivity index (χ1v) is 8.44. The Kier molecular flexibility index (Phi) is 6.39. The number of aliphatic hydroxyl groups is 1. The molecule has 1 aromatic carbocycles. The number of aliphatic hydroxyl groups excluding tert-OH is 1. The van der Waals surface area contributed by atoms with Crippen LogP contribution in [0, 0.1) is 5.82 Å². The lowest BCUT2D eigenvalue weighted by atomic mass is 10.1. The van der Waals surface area contributed by atoms with E-state index in [0.717, 1.165) is 38.3 Å². The van der Waals surface area contributed by atoms with Crippen LogP contribution in [0.2, 0.25) is 0 Å².